The third-order valence-corrected chi connectivity index (χ3v) is 2.77. The van der Waals surface area contributed by atoms with Crippen molar-refractivity contribution in [2.24, 2.45) is 0 Å². The zero-order valence-electron chi connectivity index (χ0n) is 8.94. The van der Waals surface area contributed by atoms with Gasteiger partial charge in [0.15, 0.2) is 0 Å². The van der Waals surface area contributed by atoms with Gasteiger partial charge >= 0.3 is 0 Å². The predicted molar refractivity (Wildman–Crippen MR) is 63.0 cm³/mol. The van der Waals surface area contributed by atoms with Gasteiger partial charge in [0.2, 0.25) is 0 Å². The van der Waals surface area contributed by atoms with E-state index in [0.29, 0.717) is 4.47 Å². The highest BCUT2D eigenvalue weighted by Gasteiger charge is 2.19. The quantitative estimate of drug-likeness (QED) is 0.904. The lowest BCUT2D eigenvalue weighted by Crippen LogP contribution is -2.34. The van der Waals surface area contributed by atoms with Gasteiger partial charge in [-0.05, 0) is 25.1 Å². The Kier molecular flexibility index (Phi) is 3.91. The lowest BCUT2D eigenvalue weighted by atomic mass is 10.1. The van der Waals surface area contributed by atoms with Crippen LogP contribution in [-0.4, -0.2) is 29.0 Å². The first-order valence-corrected chi connectivity index (χ1v) is 5.42. The minimum Gasteiger partial charge on any atom is -0.507 e. The molecule has 0 aliphatic heterocycles. The van der Waals surface area contributed by atoms with Gasteiger partial charge in [-0.2, -0.15) is 5.26 Å². The predicted octanol–water partition coefficient (Wildman–Crippen LogP) is 2.14. The second-order valence-corrected chi connectivity index (χ2v) is 4.30. The minimum absolute atomic E-state index is 0.101. The molecular weight excluding hydrogens is 272 g/mol. The van der Waals surface area contributed by atoms with Crippen LogP contribution >= 0.6 is 15.9 Å². The van der Waals surface area contributed by atoms with Crippen molar-refractivity contribution in [2.45, 2.75) is 13.0 Å². The van der Waals surface area contributed by atoms with Crippen molar-refractivity contribution in [3.05, 3.63) is 28.2 Å². The van der Waals surface area contributed by atoms with Gasteiger partial charge < -0.3 is 10.0 Å². The first-order chi connectivity index (χ1) is 7.47. The summed E-state index contributed by atoms with van der Waals surface area (Å²) in [6, 6.07) is 6.05. The monoisotopic (exact) mass is 282 g/mol. The van der Waals surface area contributed by atoms with Crippen LogP contribution in [0.4, 0.5) is 0 Å². The molecule has 0 heterocycles. The number of aromatic hydroxyl groups is 1. The molecule has 1 aromatic carbocycles. The largest absolute Gasteiger partial charge is 0.507 e. The molecule has 1 N–H and O–H groups in total. The summed E-state index contributed by atoms with van der Waals surface area (Å²) in [6.45, 7) is 1.62. The number of carbonyl (C=O) groups excluding carboxylic acids is 1. The Balaban J connectivity index is 3.02. The van der Waals surface area contributed by atoms with E-state index < -0.39 is 6.04 Å². The minimum atomic E-state index is -0.532. The van der Waals surface area contributed by atoms with E-state index in [4.69, 9.17) is 5.26 Å². The van der Waals surface area contributed by atoms with Crippen LogP contribution in [0.25, 0.3) is 0 Å². The number of halogens is 1. The third kappa shape index (κ3) is 2.52. The van der Waals surface area contributed by atoms with Crippen molar-refractivity contribution in [3.63, 3.8) is 0 Å². The van der Waals surface area contributed by atoms with Crippen molar-refractivity contribution >= 4 is 21.8 Å². The summed E-state index contributed by atoms with van der Waals surface area (Å²) in [6.07, 6.45) is 0. The fraction of sp³-hybridized carbons (Fsp3) is 0.273. The van der Waals surface area contributed by atoms with Gasteiger partial charge in [-0.3, -0.25) is 4.79 Å². The van der Waals surface area contributed by atoms with E-state index >= 15 is 0 Å². The van der Waals surface area contributed by atoms with E-state index in [1.165, 1.54) is 24.1 Å². The van der Waals surface area contributed by atoms with Crippen molar-refractivity contribution in [3.8, 4) is 11.8 Å². The topological polar surface area (TPSA) is 64.3 Å². The zero-order chi connectivity index (χ0) is 12.3. The Morgan fingerprint density at radius 3 is 2.75 bits per heavy atom. The fourth-order valence-electron chi connectivity index (χ4n) is 1.14. The van der Waals surface area contributed by atoms with Gasteiger partial charge in [-0.25, -0.2) is 0 Å². The van der Waals surface area contributed by atoms with Crippen molar-refractivity contribution in [1.82, 2.24) is 4.90 Å². The fourth-order valence-corrected chi connectivity index (χ4v) is 1.49. The van der Waals surface area contributed by atoms with Crippen LogP contribution in [0.15, 0.2) is 22.7 Å². The molecular formula is C11H11BrN2O2. The van der Waals surface area contributed by atoms with Crippen LogP contribution in [0.5, 0.6) is 5.75 Å². The highest BCUT2D eigenvalue weighted by molar-refractivity contribution is 9.10. The summed E-state index contributed by atoms with van der Waals surface area (Å²) in [5, 5.41) is 18.3. The first-order valence-electron chi connectivity index (χ1n) is 4.62. The second kappa shape index (κ2) is 4.99. The maximum Gasteiger partial charge on any atom is 0.258 e. The molecule has 0 fully saturated rings. The summed E-state index contributed by atoms with van der Waals surface area (Å²) in [5.74, 6) is -0.476. The van der Waals surface area contributed by atoms with E-state index in [9.17, 15) is 9.90 Å². The normalized spacial score (nSPS) is 11.6. The lowest BCUT2D eigenvalue weighted by Gasteiger charge is -2.19. The van der Waals surface area contributed by atoms with Gasteiger partial charge in [-0.15, -0.1) is 0 Å². The number of amides is 1. The molecule has 0 saturated heterocycles. The highest BCUT2D eigenvalue weighted by Crippen LogP contribution is 2.23. The van der Waals surface area contributed by atoms with Crippen LogP contribution in [0.1, 0.15) is 17.3 Å². The highest BCUT2D eigenvalue weighted by atomic mass is 79.9. The van der Waals surface area contributed by atoms with E-state index in [2.05, 4.69) is 15.9 Å². The van der Waals surface area contributed by atoms with Gasteiger partial charge in [0.1, 0.15) is 11.8 Å². The molecule has 0 radical (unpaired) electrons. The maximum absolute atomic E-state index is 11.9. The Labute approximate surface area is 102 Å². The Morgan fingerprint density at radius 1 is 1.62 bits per heavy atom. The Hall–Kier alpha value is -1.54. The molecule has 0 aromatic heterocycles. The maximum atomic E-state index is 11.9. The standard InChI is InChI=1S/C11H11BrN2O2/c1-7(6-13)14(2)11(16)9-4-3-8(12)5-10(9)15/h3-5,7,15H,1-2H3. The number of carbonyl (C=O) groups is 1. The average molecular weight is 283 g/mol. The molecule has 84 valence electrons. The molecule has 0 bridgehead atoms. The number of hydrogen-bond acceptors (Lipinski definition) is 3. The summed E-state index contributed by atoms with van der Waals surface area (Å²) >= 11 is 3.19. The molecule has 1 aromatic rings. The van der Waals surface area contributed by atoms with Crippen LogP contribution in [0, 0.1) is 11.3 Å². The molecule has 0 aliphatic carbocycles. The molecule has 1 atom stereocenters. The number of nitrogens with zero attached hydrogens (tertiary/aromatic N) is 2. The van der Waals surface area contributed by atoms with E-state index in [1.807, 2.05) is 6.07 Å². The number of phenolic OH excluding ortho intramolecular Hbond substituents is 1. The van der Waals surface area contributed by atoms with Gasteiger partial charge in [0, 0.05) is 11.5 Å². The van der Waals surface area contributed by atoms with Crippen LogP contribution in [0.2, 0.25) is 0 Å². The molecule has 1 unspecified atom stereocenters. The van der Waals surface area contributed by atoms with Gasteiger partial charge in [-0.1, -0.05) is 15.9 Å². The van der Waals surface area contributed by atoms with Gasteiger partial charge in [0.25, 0.3) is 5.91 Å². The van der Waals surface area contributed by atoms with E-state index in [-0.39, 0.29) is 17.2 Å². The van der Waals surface area contributed by atoms with Crippen molar-refractivity contribution < 1.29 is 9.90 Å². The average Bonchev–Trinajstić information content (AvgIpc) is 2.26. The van der Waals surface area contributed by atoms with Gasteiger partial charge in [0.05, 0.1) is 11.6 Å². The number of hydrogen-bond donors (Lipinski definition) is 1. The number of nitriles is 1. The third-order valence-electron chi connectivity index (χ3n) is 2.28. The van der Waals surface area contributed by atoms with Crippen molar-refractivity contribution in [2.75, 3.05) is 7.05 Å². The molecule has 0 saturated carbocycles. The molecule has 1 rings (SSSR count). The molecule has 16 heavy (non-hydrogen) atoms. The van der Waals surface area contributed by atoms with E-state index in [1.54, 1.807) is 13.0 Å². The number of phenols is 1. The summed E-state index contributed by atoms with van der Waals surface area (Å²) in [7, 11) is 1.53. The molecule has 5 heteroatoms. The van der Waals surface area contributed by atoms with Crippen LogP contribution < -0.4 is 0 Å². The first kappa shape index (κ1) is 12.5. The molecule has 0 spiro atoms. The lowest BCUT2D eigenvalue weighted by molar-refractivity contribution is 0.0770. The number of benzene rings is 1. The van der Waals surface area contributed by atoms with Crippen LogP contribution in [0.3, 0.4) is 0 Å². The Morgan fingerprint density at radius 2 is 2.25 bits per heavy atom. The SMILES string of the molecule is CC(C#N)N(C)C(=O)c1ccc(Br)cc1O. The van der Waals surface area contributed by atoms with E-state index in [0.717, 1.165) is 0 Å². The molecule has 4 nitrogen and oxygen atoms in total. The second-order valence-electron chi connectivity index (χ2n) is 3.38. The van der Waals surface area contributed by atoms with Crippen molar-refractivity contribution in [1.29, 1.82) is 5.26 Å². The zero-order valence-corrected chi connectivity index (χ0v) is 10.5. The Bertz CT molecular complexity index is 454. The summed E-state index contributed by atoms with van der Waals surface area (Å²) in [4.78, 5) is 13.2. The summed E-state index contributed by atoms with van der Waals surface area (Å²) < 4.78 is 0.692. The van der Waals surface area contributed by atoms with Crippen LogP contribution in [-0.2, 0) is 0 Å². The smallest absolute Gasteiger partial charge is 0.258 e. The summed E-state index contributed by atoms with van der Waals surface area (Å²) in [5.41, 5.74) is 0.188. The number of rotatable bonds is 2. The molecule has 1 amide bonds. The molecule has 0 aliphatic rings.